The summed E-state index contributed by atoms with van der Waals surface area (Å²) in [5, 5.41) is 4.60. The number of nitrogens with one attached hydrogen (secondary N) is 2. The van der Waals surface area contributed by atoms with Crippen LogP contribution in [-0.2, 0) is 19.2 Å². The summed E-state index contributed by atoms with van der Waals surface area (Å²) >= 11 is 4.37. The van der Waals surface area contributed by atoms with E-state index in [1.54, 1.807) is 27.9 Å². The van der Waals surface area contributed by atoms with Crippen LogP contribution < -0.4 is 10.6 Å². The summed E-state index contributed by atoms with van der Waals surface area (Å²) in [6.07, 6.45) is 0.593. The van der Waals surface area contributed by atoms with Gasteiger partial charge in [0.2, 0.25) is 11.8 Å². The highest BCUT2D eigenvalue weighted by molar-refractivity contribution is 7.81. The Labute approximate surface area is 209 Å². The SMILES string of the molecule is CNC(=O)[C@@H](CC(=O)[C@H](CC(C)C)NC(=O)[C@@H](S)CCN1C(=O)N(C)C(C)(C)C1=O)C(C)(C)C. The molecule has 1 fully saturated rings. The zero-order valence-corrected chi connectivity index (χ0v) is 22.9. The number of likely N-dealkylation sites (N-methyl/N-ethyl adjacent to an activating group) is 1. The molecule has 34 heavy (non-hydrogen) atoms. The topological polar surface area (TPSA) is 116 Å². The van der Waals surface area contributed by atoms with E-state index in [2.05, 4.69) is 23.3 Å². The molecule has 5 amide bonds. The van der Waals surface area contributed by atoms with Crippen molar-refractivity contribution >= 4 is 42.2 Å². The van der Waals surface area contributed by atoms with E-state index in [0.29, 0.717) is 6.42 Å². The van der Waals surface area contributed by atoms with Gasteiger partial charge in [-0.2, -0.15) is 12.6 Å². The van der Waals surface area contributed by atoms with Gasteiger partial charge < -0.3 is 15.5 Å². The lowest BCUT2D eigenvalue weighted by Gasteiger charge is -2.30. The Kier molecular flexibility index (Phi) is 10.2. The number of hydrogen-bond donors (Lipinski definition) is 3. The lowest BCUT2D eigenvalue weighted by molar-refractivity contribution is -0.134. The lowest BCUT2D eigenvalue weighted by Crippen LogP contribution is -2.48. The minimum absolute atomic E-state index is 0.0102. The minimum Gasteiger partial charge on any atom is -0.359 e. The molecule has 0 spiro atoms. The summed E-state index contributed by atoms with van der Waals surface area (Å²) in [7, 11) is 3.11. The van der Waals surface area contributed by atoms with Crippen LogP contribution in [0.1, 0.15) is 67.7 Å². The van der Waals surface area contributed by atoms with Gasteiger partial charge in [-0.3, -0.25) is 24.1 Å². The number of hydrogen-bond acceptors (Lipinski definition) is 6. The van der Waals surface area contributed by atoms with Crippen molar-refractivity contribution < 1.29 is 24.0 Å². The van der Waals surface area contributed by atoms with Crippen molar-refractivity contribution in [1.29, 1.82) is 0 Å². The molecule has 2 N–H and O–H groups in total. The van der Waals surface area contributed by atoms with Crippen LogP contribution in [0.15, 0.2) is 0 Å². The molecule has 0 radical (unpaired) electrons. The highest BCUT2D eigenvalue weighted by Crippen LogP contribution is 2.30. The summed E-state index contributed by atoms with van der Waals surface area (Å²) in [6, 6.07) is -1.16. The molecule has 1 saturated heterocycles. The number of carbonyl (C=O) groups is 5. The van der Waals surface area contributed by atoms with E-state index in [0.717, 1.165) is 4.90 Å². The van der Waals surface area contributed by atoms with Crippen LogP contribution in [0.3, 0.4) is 0 Å². The van der Waals surface area contributed by atoms with E-state index in [1.165, 1.54) is 4.90 Å². The molecule has 0 bridgehead atoms. The van der Waals surface area contributed by atoms with E-state index < -0.39 is 40.1 Å². The number of Topliss-reactive ketones (excluding diaryl/α,β-unsaturated/α-hetero) is 1. The third-order valence-electron chi connectivity index (χ3n) is 6.48. The van der Waals surface area contributed by atoms with Crippen LogP contribution in [0, 0.1) is 17.3 Å². The zero-order valence-electron chi connectivity index (χ0n) is 22.0. The second-order valence-corrected chi connectivity index (χ2v) is 11.7. The molecule has 10 heteroatoms. The second-order valence-electron chi connectivity index (χ2n) is 11.1. The molecule has 194 valence electrons. The van der Waals surface area contributed by atoms with Gasteiger partial charge in [0.1, 0.15) is 5.54 Å². The van der Waals surface area contributed by atoms with Crippen molar-refractivity contribution in [2.75, 3.05) is 20.6 Å². The maximum Gasteiger partial charge on any atom is 0.327 e. The molecule has 0 unspecified atom stereocenters. The number of carbonyl (C=O) groups excluding carboxylic acids is 5. The fourth-order valence-corrected chi connectivity index (χ4v) is 4.07. The second kappa shape index (κ2) is 11.6. The summed E-state index contributed by atoms with van der Waals surface area (Å²) in [5.74, 6) is -1.58. The average molecular weight is 499 g/mol. The van der Waals surface area contributed by atoms with Crippen LogP contribution in [-0.4, -0.2) is 76.8 Å². The van der Waals surface area contributed by atoms with Gasteiger partial charge >= 0.3 is 6.03 Å². The number of amides is 5. The quantitative estimate of drug-likeness (QED) is 0.298. The van der Waals surface area contributed by atoms with Crippen molar-refractivity contribution in [3.05, 3.63) is 0 Å². The van der Waals surface area contributed by atoms with E-state index >= 15 is 0 Å². The number of nitrogens with zero attached hydrogens (tertiary/aromatic N) is 2. The highest BCUT2D eigenvalue weighted by Gasteiger charge is 2.49. The van der Waals surface area contributed by atoms with E-state index in [9.17, 15) is 24.0 Å². The van der Waals surface area contributed by atoms with Gasteiger partial charge in [-0.05, 0) is 38.0 Å². The largest absolute Gasteiger partial charge is 0.359 e. The Bertz CT molecular complexity index is 806. The van der Waals surface area contributed by atoms with Gasteiger partial charge in [0.05, 0.1) is 11.3 Å². The van der Waals surface area contributed by atoms with Gasteiger partial charge in [-0.25, -0.2) is 4.79 Å². The van der Waals surface area contributed by atoms with Gasteiger partial charge in [0.15, 0.2) is 5.78 Å². The first-order valence-electron chi connectivity index (χ1n) is 11.8. The van der Waals surface area contributed by atoms with Crippen LogP contribution in [0.4, 0.5) is 4.79 Å². The van der Waals surface area contributed by atoms with Crippen LogP contribution in [0.2, 0.25) is 0 Å². The molecule has 0 aromatic rings. The van der Waals surface area contributed by atoms with Crippen molar-refractivity contribution in [2.45, 2.75) is 84.6 Å². The predicted octanol–water partition coefficient (Wildman–Crippen LogP) is 2.25. The summed E-state index contributed by atoms with van der Waals surface area (Å²) in [5.41, 5.74) is -1.36. The molecular formula is C24H42N4O5S. The first-order chi connectivity index (χ1) is 15.4. The summed E-state index contributed by atoms with van der Waals surface area (Å²) < 4.78 is 0. The molecule has 1 aliphatic heterocycles. The van der Waals surface area contributed by atoms with Crippen molar-refractivity contribution in [3.8, 4) is 0 Å². The molecule has 9 nitrogen and oxygen atoms in total. The fraction of sp³-hybridized carbons (Fsp3) is 0.792. The maximum atomic E-state index is 13.2. The zero-order chi connectivity index (χ0) is 26.6. The Morgan fingerprint density at radius 3 is 2.06 bits per heavy atom. The normalized spacial score (nSPS) is 18.7. The van der Waals surface area contributed by atoms with Crippen LogP contribution in [0.25, 0.3) is 0 Å². The Hall–Kier alpha value is -2.10. The first kappa shape index (κ1) is 29.9. The van der Waals surface area contributed by atoms with Crippen LogP contribution in [0.5, 0.6) is 0 Å². The molecule has 0 aromatic carbocycles. The summed E-state index contributed by atoms with van der Waals surface area (Å²) in [6.45, 7) is 13.0. The standard InChI is InChI=1S/C24H42N4O5S/c1-14(2)12-16(17(29)13-15(19(30)25-8)23(3,4)5)26-20(31)18(34)10-11-28-21(32)24(6,7)27(9)22(28)33/h14-16,18,34H,10-13H2,1-9H3,(H,25,30)(H,26,31)/t15-,16+,18+/m1/s1. The van der Waals surface area contributed by atoms with Crippen molar-refractivity contribution in [2.24, 2.45) is 17.3 Å². The highest BCUT2D eigenvalue weighted by atomic mass is 32.1. The van der Waals surface area contributed by atoms with Gasteiger partial charge in [0, 0.05) is 33.0 Å². The predicted molar refractivity (Wildman–Crippen MR) is 134 cm³/mol. The third-order valence-corrected chi connectivity index (χ3v) is 6.97. The van der Waals surface area contributed by atoms with E-state index in [4.69, 9.17) is 0 Å². The molecule has 0 saturated carbocycles. The molecular weight excluding hydrogens is 456 g/mol. The van der Waals surface area contributed by atoms with Gasteiger partial charge in [-0.15, -0.1) is 0 Å². The molecule has 0 aromatic heterocycles. The molecule has 3 atom stereocenters. The van der Waals surface area contributed by atoms with Gasteiger partial charge in [0.25, 0.3) is 5.91 Å². The minimum atomic E-state index is -0.936. The van der Waals surface area contributed by atoms with Crippen LogP contribution >= 0.6 is 12.6 Å². The summed E-state index contributed by atoms with van der Waals surface area (Å²) in [4.78, 5) is 65.8. The lowest BCUT2D eigenvalue weighted by atomic mass is 9.76. The maximum absolute atomic E-state index is 13.2. The monoisotopic (exact) mass is 498 g/mol. The molecule has 0 aliphatic carbocycles. The van der Waals surface area contributed by atoms with Crippen molar-refractivity contribution in [3.63, 3.8) is 0 Å². The number of ketones is 1. The third kappa shape index (κ3) is 7.20. The molecule has 1 heterocycles. The van der Waals surface area contributed by atoms with E-state index in [-0.39, 0.29) is 42.9 Å². The Morgan fingerprint density at radius 2 is 1.65 bits per heavy atom. The number of imide groups is 1. The van der Waals surface area contributed by atoms with E-state index in [1.807, 2.05) is 34.6 Å². The Morgan fingerprint density at radius 1 is 1.09 bits per heavy atom. The first-order valence-corrected chi connectivity index (χ1v) is 12.3. The number of thiol groups is 1. The average Bonchev–Trinajstić information content (AvgIpc) is 2.87. The molecule has 1 rings (SSSR count). The number of rotatable bonds is 11. The van der Waals surface area contributed by atoms with Crippen molar-refractivity contribution in [1.82, 2.24) is 20.4 Å². The fourth-order valence-electron chi connectivity index (χ4n) is 3.88. The van der Waals surface area contributed by atoms with Gasteiger partial charge in [-0.1, -0.05) is 34.6 Å². The number of urea groups is 1. The smallest absolute Gasteiger partial charge is 0.327 e. The Balaban J connectivity index is 2.86. The molecule has 1 aliphatic rings.